The molecule has 0 aliphatic heterocycles. The highest BCUT2D eigenvalue weighted by Crippen LogP contribution is 2.22. The Morgan fingerprint density at radius 1 is 1.37 bits per heavy atom. The quantitative estimate of drug-likeness (QED) is 0.887. The summed E-state index contributed by atoms with van der Waals surface area (Å²) in [7, 11) is -3.91. The standard InChI is InChI=1S/C13H21FN2O2S/c1-9-5-6-10(14)11(7-9)19(17,18)16-12(8-15)13(2,3)4/h5-7,12,16H,8,15H2,1-4H3. The van der Waals surface area contributed by atoms with Crippen LogP contribution in [0.15, 0.2) is 23.1 Å². The van der Waals surface area contributed by atoms with Gasteiger partial charge in [-0.2, -0.15) is 0 Å². The summed E-state index contributed by atoms with van der Waals surface area (Å²) in [6, 6.07) is 3.53. The third-order valence-electron chi connectivity index (χ3n) is 2.95. The predicted octanol–water partition coefficient (Wildman–Crippen LogP) is 1.79. The second-order valence-electron chi connectivity index (χ2n) is 5.71. The molecular weight excluding hydrogens is 267 g/mol. The number of halogens is 1. The Hall–Kier alpha value is -0.980. The molecule has 0 saturated heterocycles. The van der Waals surface area contributed by atoms with Gasteiger partial charge in [0, 0.05) is 12.6 Å². The summed E-state index contributed by atoms with van der Waals surface area (Å²) in [4.78, 5) is -0.338. The molecule has 19 heavy (non-hydrogen) atoms. The third-order valence-corrected chi connectivity index (χ3v) is 4.44. The fraction of sp³-hybridized carbons (Fsp3) is 0.538. The van der Waals surface area contributed by atoms with Crippen molar-refractivity contribution in [2.75, 3.05) is 6.54 Å². The van der Waals surface area contributed by atoms with Crippen LogP contribution in [0.1, 0.15) is 26.3 Å². The van der Waals surface area contributed by atoms with Gasteiger partial charge in [-0.3, -0.25) is 0 Å². The van der Waals surface area contributed by atoms with Crippen LogP contribution >= 0.6 is 0 Å². The fourth-order valence-electron chi connectivity index (χ4n) is 1.65. The van der Waals surface area contributed by atoms with Gasteiger partial charge in [-0.05, 0) is 30.0 Å². The number of nitrogens with two attached hydrogens (primary N) is 1. The van der Waals surface area contributed by atoms with Crippen molar-refractivity contribution in [2.24, 2.45) is 11.1 Å². The molecule has 0 fully saturated rings. The van der Waals surface area contributed by atoms with Crippen molar-refractivity contribution in [1.29, 1.82) is 0 Å². The Morgan fingerprint density at radius 2 is 1.95 bits per heavy atom. The molecule has 4 nitrogen and oxygen atoms in total. The van der Waals surface area contributed by atoms with Crippen molar-refractivity contribution in [3.8, 4) is 0 Å². The van der Waals surface area contributed by atoms with E-state index >= 15 is 0 Å². The Kier molecular flexibility index (Phi) is 4.71. The molecule has 0 radical (unpaired) electrons. The lowest BCUT2D eigenvalue weighted by molar-refractivity contribution is 0.304. The van der Waals surface area contributed by atoms with Crippen LogP contribution < -0.4 is 10.5 Å². The summed E-state index contributed by atoms with van der Waals surface area (Å²) < 4.78 is 40.6. The number of nitrogens with one attached hydrogen (secondary N) is 1. The molecule has 3 N–H and O–H groups in total. The summed E-state index contributed by atoms with van der Waals surface area (Å²) in [5.74, 6) is -0.761. The van der Waals surface area contributed by atoms with E-state index in [1.165, 1.54) is 12.1 Å². The van der Waals surface area contributed by atoms with Gasteiger partial charge in [-0.25, -0.2) is 17.5 Å². The monoisotopic (exact) mass is 288 g/mol. The Balaban J connectivity index is 3.14. The van der Waals surface area contributed by atoms with Gasteiger partial charge in [0.25, 0.3) is 0 Å². The topological polar surface area (TPSA) is 72.2 Å². The minimum Gasteiger partial charge on any atom is -0.329 e. The molecule has 0 amide bonds. The van der Waals surface area contributed by atoms with E-state index in [1.54, 1.807) is 6.92 Å². The molecular formula is C13H21FN2O2S. The van der Waals surface area contributed by atoms with Gasteiger partial charge in [0.05, 0.1) is 0 Å². The van der Waals surface area contributed by atoms with Crippen molar-refractivity contribution in [2.45, 2.75) is 38.6 Å². The second kappa shape index (κ2) is 5.56. The molecule has 1 aromatic carbocycles. The van der Waals surface area contributed by atoms with Gasteiger partial charge in [0.1, 0.15) is 10.7 Å². The van der Waals surface area contributed by atoms with E-state index in [9.17, 15) is 12.8 Å². The van der Waals surface area contributed by atoms with Crippen molar-refractivity contribution >= 4 is 10.0 Å². The number of hydrogen-bond acceptors (Lipinski definition) is 3. The van der Waals surface area contributed by atoms with E-state index in [0.717, 1.165) is 6.07 Å². The predicted molar refractivity (Wildman–Crippen MR) is 73.8 cm³/mol. The highest BCUT2D eigenvalue weighted by molar-refractivity contribution is 7.89. The lowest BCUT2D eigenvalue weighted by Gasteiger charge is -2.30. The summed E-state index contributed by atoms with van der Waals surface area (Å²) in [6.45, 7) is 7.48. The van der Waals surface area contributed by atoms with E-state index in [-0.39, 0.29) is 16.9 Å². The molecule has 1 atom stereocenters. The average Bonchev–Trinajstić information content (AvgIpc) is 2.27. The first-order valence-corrected chi connectivity index (χ1v) is 7.55. The molecule has 0 spiro atoms. The van der Waals surface area contributed by atoms with Gasteiger partial charge in [-0.15, -0.1) is 0 Å². The van der Waals surface area contributed by atoms with Crippen molar-refractivity contribution in [1.82, 2.24) is 4.72 Å². The Bertz CT molecular complexity index is 550. The zero-order valence-electron chi connectivity index (χ0n) is 11.7. The molecule has 0 heterocycles. The summed E-state index contributed by atoms with van der Waals surface area (Å²) in [5, 5.41) is 0. The first kappa shape index (κ1) is 16.1. The number of aryl methyl sites for hydroxylation is 1. The molecule has 1 unspecified atom stereocenters. The van der Waals surface area contributed by atoms with Gasteiger partial charge in [0.15, 0.2) is 0 Å². The zero-order valence-corrected chi connectivity index (χ0v) is 12.5. The van der Waals surface area contributed by atoms with Crippen molar-refractivity contribution < 1.29 is 12.8 Å². The maximum atomic E-state index is 13.7. The minimum absolute atomic E-state index is 0.149. The van der Waals surface area contributed by atoms with Gasteiger partial charge in [0.2, 0.25) is 10.0 Å². The van der Waals surface area contributed by atoms with E-state index in [0.29, 0.717) is 5.56 Å². The number of rotatable bonds is 4. The van der Waals surface area contributed by atoms with Crippen LogP contribution in [-0.2, 0) is 10.0 Å². The van der Waals surface area contributed by atoms with Gasteiger partial charge < -0.3 is 5.73 Å². The summed E-state index contributed by atoms with van der Waals surface area (Å²) in [6.07, 6.45) is 0. The molecule has 0 saturated carbocycles. The molecule has 108 valence electrons. The van der Waals surface area contributed by atoms with Gasteiger partial charge in [-0.1, -0.05) is 26.8 Å². The lowest BCUT2D eigenvalue weighted by Crippen LogP contribution is -2.48. The van der Waals surface area contributed by atoms with Crippen LogP contribution in [0.25, 0.3) is 0 Å². The van der Waals surface area contributed by atoms with Crippen LogP contribution in [0.2, 0.25) is 0 Å². The van der Waals surface area contributed by atoms with Crippen molar-refractivity contribution in [3.05, 3.63) is 29.6 Å². The van der Waals surface area contributed by atoms with E-state index in [2.05, 4.69) is 4.72 Å². The van der Waals surface area contributed by atoms with Crippen LogP contribution in [0.4, 0.5) is 4.39 Å². The highest BCUT2D eigenvalue weighted by Gasteiger charge is 2.29. The van der Waals surface area contributed by atoms with E-state index < -0.39 is 21.9 Å². The highest BCUT2D eigenvalue weighted by atomic mass is 32.2. The molecule has 0 aromatic heterocycles. The fourth-order valence-corrected chi connectivity index (χ4v) is 3.26. The average molecular weight is 288 g/mol. The molecule has 1 rings (SSSR count). The Morgan fingerprint density at radius 3 is 2.42 bits per heavy atom. The van der Waals surface area contributed by atoms with E-state index in [4.69, 9.17) is 5.73 Å². The first-order chi connectivity index (χ1) is 8.58. The zero-order chi connectivity index (χ0) is 14.8. The summed E-state index contributed by atoms with van der Waals surface area (Å²) in [5.41, 5.74) is 5.93. The lowest BCUT2D eigenvalue weighted by atomic mass is 9.88. The molecule has 0 aliphatic rings. The smallest absolute Gasteiger partial charge is 0.243 e. The largest absolute Gasteiger partial charge is 0.329 e. The number of hydrogen-bond donors (Lipinski definition) is 2. The van der Waals surface area contributed by atoms with Crippen LogP contribution in [0.5, 0.6) is 0 Å². The normalized spacial score (nSPS) is 14.4. The second-order valence-corrected chi connectivity index (χ2v) is 7.39. The molecule has 0 bridgehead atoms. The minimum atomic E-state index is -3.91. The van der Waals surface area contributed by atoms with Crippen molar-refractivity contribution in [3.63, 3.8) is 0 Å². The SMILES string of the molecule is Cc1ccc(F)c(S(=O)(=O)NC(CN)C(C)(C)C)c1. The number of sulfonamides is 1. The first-order valence-electron chi connectivity index (χ1n) is 6.06. The van der Waals surface area contributed by atoms with E-state index in [1.807, 2.05) is 20.8 Å². The van der Waals surface area contributed by atoms with Crippen LogP contribution in [-0.4, -0.2) is 21.0 Å². The van der Waals surface area contributed by atoms with Crippen LogP contribution in [0.3, 0.4) is 0 Å². The maximum Gasteiger partial charge on any atom is 0.243 e. The third kappa shape index (κ3) is 3.99. The maximum absolute atomic E-state index is 13.7. The number of benzene rings is 1. The molecule has 1 aromatic rings. The summed E-state index contributed by atoms with van der Waals surface area (Å²) >= 11 is 0. The van der Waals surface area contributed by atoms with Gasteiger partial charge >= 0.3 is 0 Å². The molecule has 6 heteroatoms. The van der Waals surface area contributed by atoms with Crippen LogP contribution in [0, 0.1) is 18.2 Å². The Labute approximate surface area is 114 Å². The molecule has 0 aliphatic carbocycles.